The number of carbonyl (C=O) groups is 3. The minimum atomic E-state index is -0.868. The van der Waals surface area contributed by atoms with Crippen LogP contribution in [0.1, 0.15) is 29.6 Å². The first kappa shape index (κ1) is 15.3. The molecule has 0 aliphatic heterocycles. The van der Waals surface area contributed by atoms with E-state index in [1.165, 1.54) is 12.1 Å². The number of halogens is 1. The molecule has 112 valence electrons. The van der Waals surface area contributed by atoms with Crippen molar-refractivity contribution in [2.75, 3.05) is 5.32 Å². The lowest BCUT2D eigenvalue weighted by Gasteiger charge is -2.12. The summed E-state index contributed by atoms with van der Waals surface area (Å²) in [5.74, 6) is -2.60. The average Bonchev–Trinajstić information content (AvgIpc) is 2.90. The number of nitrogens with two attached hydrogens (primary N) is 1. The molecule has 0 radical (unpaired) electrons. The zero-order valence-corrected chi connectivity index (χ0v) is 11.9. The fraction of sp³-hybridized carbons (Fsp3) is 0.357. The number of benzene rings is 1. The Kier molecular flexibility index (Phi) is 4.47. The summed E-state index contributed by atoms with van der Waals surface area (Å²) in [6.45, 7) is 0. The van der Waals surface area contributed by atoms with Gasteiger partial charge in [0.25, 0.3) is 0 Å². The van der Waals surface area contributed by atoms with E-state index in [2.05, 4.69) is 5.32 Å². The number of carbonyl (C=O) groups excluding carboxylic acids is 2. The standard InChI is InChI=1S/C14H15ClN2O4/c15-11-4-3-9(6-10(11)12(16)18)17-13(19)7-1-2-8(5-7)14(20)21/h3-4,6-8H,1-2,5H2,(H2,16,18)(H,17,19)(H,20,21)/t7-,8+/m1/s1. The van der Waals surface area contributed by atoms with Crippen LogP contribution in [0.25, 0.3) is 0 Å². The van der Waals surface area contributed by atoms with Gasteiger partial charge in [-0.25, -0.2) is 0 Å². The van der Waals surface area contributed by atoms with E-state index < -0.39 is 17.8 Å². The quantitative estimate of drug-likeness (QED) is 0.788. The van der Waals surface area contributed by atoms with Gasteiger partial charge in [0.15, 0.2) is 0 Å². The molecule has 1 aliphatic rings. The Morgan fingerprint density at radius 1 is 1.24 bits per heavy atom. The van der Waals surface area contributed by atoms with E-state index >= 15 is 0 Å². The van der Waals surface area contributed by atoms with E-state index in [1.807, 2.05) is 0 Å². The summed E-state index contributed by atoms with van der Waals surface area (Å²) in [6.07, 6.45) is 1.37. The molecule has 2 amide bonds. The highest BCUT2D eigenvalue weighted by Crippen LogP contribution is 2.32. The summed E-state index contributed by atoms with van der Waals surface area (Å²) < 4.78 is 0. The largest absolute Gasteiger partial charge is 0.481 e. The molecule has 0 spiro atoms. The minimum absolute atomic E-state index is 0.129. The van der Waals surface area contributed by atoms with Crippen LogP contribution in [0.2, 0.25) is 5.02 Å². The van der Waals surface area contributed by atoms with Crippen molar-refractivity contribution in [2.45, 2.75) is 19.3 Å². The van der Waals surface area contributed by atoms with Gasteiger partial charge in [-0.1, -0.05) is 11.6 Å². The van der Waals surface area contributed by atoms with Crippen molar-refractivity contribution in [2.24, 2.45) is 17.6 Å². The summed E-state index contributed by atoms with van der Waals surface area (Å²) in [6, 6.07) is 4.45. The number of amides is 2. The molecule has 21 heavy (non-hydrogen) atoms. The van der Waals surface area contributed by atoms with Crippen LogP contribution in [0.5, 0.6) is 0 Å². The molecular formula is C14H15ClN2O4. The van der Waals surface area contributed by atoms with E-state index in [9.17, 15) is 14.4 Å². The number of rotatable bonds is 4. The topological polar surface area (TPSA) is 109 Å². The molecule has 2 atom stereocenters. The minimum Gasteiger partial charge on any atom is -0.481 e. The molecule has 0 aromatic heterocycles. The molecule has 0 heterocycles. The predicted octanol–water partition coefficient (Wildman–Crippen LogP) is 1.88. The van der Waals surface area contributed by atoms with Crippen LogP contribution in [-0.2, 0) is 9.59 Å². The Morgan fingerprint density at radius 3 is 2.48 bits per heavy atom. The highest BCUT2D eigenvalue weighted by atomic mass is 35.5. The molecule has 1 aromatic carbocycles. The third-order valence-corrected chi connectivity index (χ3v) is 3.98. The zero-order valence-electron chi connectivity index (χ0n) is 11.1. The number of carboxylic acids is 1. The van der Waals surface area contributed by atoms with Crippen LogP contribution in [0.4, 0.5) is 5.69 Å². The summed E-state index contributed by atoms with van der Waals surface area (Å²) in [5.41, 5.74) is 5.73. The monoisotopic (exact) mass is 310 g/mol. The van der Waals surface area contributed by atoms with Gasteiger partial charge in [-0.05, 0) is 37.5 Å². The first-order valence-corrected chi connectivity index (χ1v) is 6.89. The molecule has 0 bridgehead atoms. The Morgan fingerprint density at radius 2 is 1.90 bits per heavy atom. The second kappa shape index (κ2) is 6.13. The predicted molar refractivity (Wildman–Crippen MR) is 77.1 cm³/mol. The van der Waals surface area contributed by atoms with E-state index in [1.54, 1.807) is 6.07 Å². The maximum atomic E-state index is 12.1. The van der Waals surface area contributed by atoms with Gasteiger partial charge in [0.1, 0.15) is 0 Å². The Hall–Kier alpha value is -2.08. The summed E-state index contributed by atoms with van der Waals surface area (Å²) in [7, 11) is 0. The smallest absolute Gasteiger partial charge is 0.306 e. The third-order valence-electron chi connectivity index (χ3n) is 3.65. The van der Waals surface area contributed by atoms with Gasteiger partial charge < -0.3 is 16.2 Å². The molecule has 0 saturated heterocycles. The number of hydrogen-bond donors (Lipinski definition) is 3. The van der Waals surface area contributed by atoms with Gasteiger partial charge >= 0.3 is 5.97 Å². The molecule has 0 unspecified atom stereocenters. The van der Waals surface area contributed by atoms with Crippen molar-refractivity contribution < 1.29 is 19.5 Å². The van der Waals surface area contributed by atoms with Crippen molar-refractivity contribution >= 4 is 35.1 Å². The molecule has 7 heteroatoms. The highest BCUT2D eigenvalue weighted by Gasteiger charge is 2.33. The summed E-state index contributed by atoms with van der Waals surface area (Å²) in [4.78, 5) is 34.2. The Balaban J connectivity index is 2.05. The first-order valence-electron chi connectivity index (χ1n) is 6.51. The first-order chi connectivity index (χ1) is 9.88. The maximum Gasteiger partial charge on any atom is 0.306 e. The number of anilines is 1. The number of nitrogens with one attached hydrogen (secondary N) is 1. The van der Waals surface area contributed by atoms with Gasteiger partial charge in [-0.3, -0.25) is 14.4 Å². The lowest BCUT2D eigenvalue weighted by Crippen LogP contribution is -2.22. The fourth-order valence-electron chi connectivity index (χ4n) is 2.48. The van der Waals surface area contributed by atoms with Crippen LogP contribution in [0.3, 0.4) is 0 Å². The molecule has 1 aliphatic carbocycles. The Labute approximate surface area is 126 Å². The number of primary amides is 1. The lowest BCUT2D eigenvalue weighted by molar-refractivity contribution is -0.141. The second-order valence-electron chi connectivity index (χ2n) is 5.09. The average molecular weight is 311 g/mol. The van der Waals surface area contributed by atoms with Gasteiger partial charge in [0, 0.05) is 11.6 Å². The molecule has 6 nitrogen and oxygen atoms in total. The number of hydrogen-bond acceptors (Lipinski definition) is 3. The third kappa shape index (κ3) is 3.52. The highest BCUT2D eigenvalue weighted by molar-refractivity contribution is 6.34. The second-order valence-corrected chi connectivity index (χ2v) is 5.50. The summed E-state index contributed by atoms with van der Waals surface area (Å²) in [5, 5.41) is 11.8. The van der Waals surface area contributed by atoms with Crippen LogP contribution in [0.15, 0.2) is 18.2 Å². The normalized spacial score (nSPS) is 21.0. The van der Waals surface area contributed by atoms with E-state index in [0.717, 1.165) is 0 Å². The molecular weight excluding hydrogens is 296 g/mol. The fourth-order valence-corrected chi connectivity index (χ4v) is 2.69. The van der Waals surface area contributed by atoms with Crippen LogP contribution < -0.4 is 11.1 Å². The van der Waals surface area contributed by atoms with Crippen molar-refractivity contribution in [3.63, 3.8) is 0 Å². The van der Waals surface area contributed by atoms with E-state index in [4.69, 9.17) is 22.4 Å². The van der Waals surface area contributed by atoms with E-state index in [0.29, 0.717) is 24.9 Å². The molecule has 1 aromatic rings. The SMILES string of the molecule is NC(=O)c1cc(NC(=O)[C@@H]2CC[C@H](C(=O)O)C2)ccc1Cl. The zero-order chi connectivity index (χ0) is 15.6. The van der Waals surface area contributed by atoms with Gasteiger partial charge in [-0.15, -0.1) is 0 Å². The van der Waals surface area contributed by atoms with Crippen LogP contribution >= 0.6 is 11.6 Å². The number of carboxylic acid groups (broad SMARTS) is 1. The van der Waals surface area contributed by atoms with Gasteiger partial charge in [0.2, 0.25) is 11.8 Å². The van der Waals surface area contributed by atoms with Crippen molar-refractivity contribution in [3.05, 3.63) is 28.8 Å². The molecule has 2 rings (SSSR count). The lowest BCUT2D eigenvalue weighted by atomic mass is 10.0. The summed E-state index contributed by atoms with van der Waals surface area (Å²) >= 11 is 5.83. The van der Waals surface area contributed by atoms with Crippen LogP contribution in [-0.4, -0.2) is 22.9 Å². The van der Waals surface area contributed by atoms with Crippen molar-refractivity contribution in [1.82, 2.24) is 0 Å². The van der Waals surface area contributed by atoms with Crippen molar-refractivity contribution in [3.8, 4) is 0 Å². The molecule has 1 fully saturated rings. The van der Waals surface area contributed by atoms with Crippen molar-refractivity contribution in [1.29, 1.82) is 0 Å². The van der Waals surface area contributed by atoms with Gasteiger partial charge in [-0.2, -0.15) is 0 Å². The number of aliphatic carboxylic acids is 1. The molecule has 4 N–H and O–H groups in total. The van der Waals surface area contributed by atoms with Crippen LogP contribution in [0, 0.1) is 11.8 Å². The molecule has 1 saturated carbocycles. The Bertz CT molecular complexity index is 603. The van der Waals surface area contributed by atoms with E-state index in [-0.39, 0.29) is 22.4 Å². The maximum absolute atomic E-state index is 12.1. The van der Waals surface area contributed by atoms with Gasteiger partial charge in [0.05, 0.1) is 16.5 Å².